The molecular formula is C14H21N3O. The maximum Gasteiger partial charge on any atom is 0.238 e. The van der Waals surface area contributed by atoms with Crippen molar-refractivity contribution in [2.75, 3.05) is 38.0 Å². The molecule has 1 amide bonds. The number of carbonyl (C=O) groups excluding carboxylic acids is 1. The first-order valence-electron chi connectivity index (χ1n) is 6.45. The quantitative estimate of drug-likeness (QED) is 0.842. The van der Waals surface area contributed by atoms with Gasteiger partial charge in [0.25, 0.3) is 0 Å². The van der Waals surface area contributed by atoms with Gasteiger partial charge < -0.3 is 10.6 Å². The van der Waals surface area contributed by atoms with E-state index in [2.05, 4.69) is 29.4 Å². The fraction of sp³-hybridized carbons (Fsp3) is 0.500. The van der Waals surface area contributed by atoms with Gasteiger partial charge in [-0.05, 0) is 37.1 Å². The Balaban J connectivity index is 1.88. The molecule has 0 unspecified atom stereocenters. The smallest absolute Gasteiger partial charge is 0.238 e. The number of nitrogens with one attached hydrogen (secondary N) is 2. The highest BCUT2D eigenvalue weighted by Gasteiger charge is 2.13. The van der Waals surface area contributed by atoms with Crippen molar-refractivity contribution < 1.29 is 4.79 Å². The zero-order valence-corrected chi connectivity index (χ0v) is 11.1. The van der Waals surface area contributed by atoms with Crippen LogP contribution in [0, 0.1) is 13.8 Å². The third-order valence-electron chi connectivity index (χ3n) is 3.37. The molecule has 0 aliphatic carbocycles. The Morgan fingerprint density at radius 1 is 1.28 bits per heavy atom. The molecule has 0 atom stereocenters. The maximum absolute atomic E-state index is 11.9. The average molecular weight is 247 g/mol. The molecule has 2 N–H and O–H groups in total. The fourth-order valence-corrected chi connectivity index (χ4v) is 2.09. The van der Waals surface area contributed by atoms with E-state index in [0.717, 1.165) is 31.9 Å². The van der Waals surface area contributed by atoms with Gasteiger partial charge in [-0.2, -0.15) is 0 Å². The number of carbonyl (C=O) groups is 1. The third-order valence-corrected chi connectivity index (χ3v) is 3.37. The fourth-order valence-electron chi connectivity index (χ4n) is 2.09. The number of hydrogen-bond donors (Lipinski definition) is 2. The van der Waals surface area contributed by atoms with Crippen molar-refractivity contribution in [1.82, 2.24) is 10.2 Å². The zero-order valence-electron chi connectivity index (χ0n) is 11.1. The van der Waals surface area contributed by atoms with Crippen molar-refractivity contribution in [1.29, 1.82) is 0 Å². The first-order valence-corrected chi connectivity index (χ1v) is 6.45. The van der Waals surface area contributed by atoms with Crippen molar-refractivity contribution in [3.8, 4) is 0 Å². The van der Waals surface area contributed by atoms with E-state index >= 15 is 0 Å². The molecule has 0 saturated carbocycles. The Hall–Kier alpha value is -1.39. The highest BCUT2D eigenvalue weighted by atomic mass is 16.2. The second kappa shape index (κ2) is 5.98. The Labute approximate surface area is 108 Å². The minimum Gasteiger partial charge on any atom is -0.325 e. The molecule has 18 heavy (non-hydrogen) atoms. The molecule has 1 heterocycles. The largest absolute Gasteiger partial charge is 0.325 e. The number of anilines is 1. The predicted molar refractivity (Wildman–Crippen MR) is 73.9 cm³/mol. The summed E-state index contributed by atoms with van der Waals surface area (Å²) in [5.41, 5.74) is 3.34. The molecule has 0 spiro atoms. The highest BCUT2D eigenvalue weighted by molar-refractivity contribution is 5.92. The Bertz CT molecular complexity index is 425. The minimum atomic E-state index is 0.0696. The van der Waals surface area contributed by atoms with Crippen LogP contribution in [-0.4, -0.2) is 43.5 Å². The SMILES string of the molecule is Cc1ccc(NC(=O)CN2CCNCC2)cc1C. The first kappa shape index (κ1) is 13.1. The summed E-state index contributed by atoms with van der Waals surface area (Å²) in [6.45, 7) is 8.44. The van der Waals surface area contributed by atoms with Crippen molar-refractivity contribution >= 4 is 11.6 Å². The van der Waals surface area contributed by atoms with E-state index in [1.807, 2.05) is 18.2 Å². The number of amides is 1. The topological polar surface area (TPSA) is 44.4 Å². The molecule has 98 valence electrons. The summed E-state index contributed by atoms with van der Waals surface area (Å²) in [6.07, 6.45) is 0. The van der Waals surface area contributed by atoms with Gasteiger partial charge in [-0.3, -0.25) is 9.69 Å². The van der Waals surface area contributed by atoms with Crippen LogP contribution in [-0.2, 0) is 4.79 Å². The molecule has 1 fully saturated rings. The summed E-state index contributed by atoms with van der Waals surface area (Å²) < 4.78 is 0. The van der Waals surface area contributed by atoms with Gasteiger partial charge in [0.1, 0.15) is 0 Å². The van der Waals surface area contributed by atoms with Crippen LogP contribution in [0.5, 0.6) is 0 Å². The Kier molecular flexibility index (Phi) is 4.33. The van der Waals surface area contributed by atoms with Gasteiger partial charge in [0.15, 0.2) is 0 Å². The van der Waals surface area contributed by atoms with Gasteiger partial charge >= 0.3 is 0 Å². The monoisotopic (exact) mass is 247 g/mol. The standard InChI is InChI=1S/C14H21N3O/c1-11-3-4-13(9-12(11)2)16-14(18)10-17-7-5-15-6-8-17/h3-4,9,15H,5-8,10H2,1-2H3,(H,16,18). The molecule has 1 saturated heterocycles. The number of piperazine rings is 1. The van der Waals surface area contributed by atoms with Crippen LogP contribution in [0.1, 0.15) is 11.1 Å². The normalized spacial score (nSPS) is 16.6. The average Bonchev–Trinajstić information content (AvgIpc) is 2.35. The van der Waals surface area contributed by atoms with E-state index in [1.165, 1.54) is 11.1 Å². The Morgan fingerprint density at radius 2 is 2.00 bits per heavy atom. The van der Waals surface area contributed by atoms with Crippen molar-refractivity contribution in [3.63, 3.8) is 0 Å². The van der Waals surface area contributed by atoms with E-state index in [4.69, 9.17) is 0 Å². The van der Waals surface area contributed by atoms with Crippen LogP contribution in [0.2, 0.25) is 0 Å². The van der Waals surface area contributed by atoms with Crippen molar-refractivity contribution in [2.45, 2.75) is 13.8 Å². The van der Waals surface area contributed by atoms with Crippen LogP contribution < -0.4 is 10.6 Å². The predicted octanol–water partition coefficient (Wildman–Crippen LogP) is 1.15. The second-order valence-corrected chi connectivity index (χ2v) is 4.87. The summed E-state index contributed by atoms with van der Waals surface area (Å²) in [5, 5.41) is 6.23. The van der Waals surface area contributed by atoms with E-state index in [9.17, 15) is 4.79 Å². The molecule has 1 aromatic rings. The lowest BCUT2D eigenvalue weighted by Crippen LogP contribution is -2.46. The summed E-state index contributed by atoms with van der Waals surface area (Å²) in [4.78, 5) is 14.1. The van der Waals surface area contributed by atoms with Gasteiger partial charge in [-0.15, -0.1) is 0 Å². The van der Waals surface area contributed by atoms with Crippen LogP contribution in [0.4, 0.5) is 5.69 Å². The maximum atomic E-state index is 11.9. The summed E-state index contributed by atoms with van der Waals surface area (Å²) in [7, 11) is 0. The van der Waals surface area contributed by atoms with Gasteiger partial charge in [0.05, 0.1) is 6.54 Å². The van der Waals surface area contributed by atoms with Gasteiger partial charge in [-0.25, -0.2) is 0 Å². The molecule has 1 aliphatic heterocycles. The van der Waals surface area contributed by atoms with Gasteiger partial charge in [-0.1, -0.05) is 6.07 Å². The molecule has 1 aliphatic rings. The van der Waals surface area contributed by atoms with Crippen molar-refractivity contribution in [2.24, 2.45) is 0 Å². The van der Waals surface area contributed by atoms with Crippen LogP contribution in [0.15, 0.2) is 18.2 Å². The molecule has 2 rings (SSSR count). The number of hydrogen-bond acceptors (Lipinski definition) is 3. The molecule has 1 aromatic carbocycles. The Morgan fingerprint density at radius 3 is 2.67 bits per heavy atom. The van der Waals surface area contributed by atoms with Gasteiger partial charge in [0, 0.05) is 31.9 Å². The van der Waals surface area contributed by atoms with E-state index in [0.29, 0.717) is 6.54 Å². The highest BCUT2D eigenvalue weighted by Crippen LogP contribution is 2.14. The summed E-state index contributed by atoms with van der Waals surface area (Å²) in [6, 6.07) is 6.01. The lowest BCUT2D eigenvalue weighted by molar-refractivity contribution is -0.117. The number of aryl methyl sites for hydroxylation is 2. The third kappa shape index (κ3) is 3.55. The zero-order chi connectivity index (χ0) is 13.0. The molecule has 0 aromatic heterocycles. The molecule has 0 bridgehead atoms. The lowest BCUT2D eigenvalue weighted by Gasteiger charge is -2.26. The first-order chi connectivity index (χ1) is 8.65. The molecular weight excluding hydrogens is 226 g/mol. The summed E-state index contributed by atoms with van der Waals surface area (Å²) in [5.74, 6) is 0.0696. The van der Waals surface area contributed by atoms with Crippen LogP contribution in [0.25, 0.3) is 0 Å². The van der Waals surface area contributed by atoms with E-state index in [-0.39, 0.29) is 5.91 Å². The number of benzene rings is 1. The van der Waals surface area contributed by atoms with Crippen LogP contribution in [0.3, 0.4) is 0 Å². The van der Waals surface area contributed by atoms with E-state index < -0.39 is 0 Å². The minimum absolute atomic E-state index is 0.0696. The van der Waals surface area contributed by atoms with Gasteiger partial charge in [0.2, 0.25) is 5.91 Å². The van der Waals surface area contributed by atoms with E-state index in [1.54, 1.807) is 0 Å². The van der Waals surface area contributed by atoms with Crippen LogP contribution >= 0.6 is 0 Å². The lowest BCUT2D eigenvalue weighted by atomic mass is 10.1. The summed E-state index contributed by atoms with van der Waals surface area (Å²) >= 11 is 0. The molecule has 4 nitrogen and oxygen atoms in total. The number of nitrogens with zero attached hydrogens (tertiary/aromatic N) is 1. The number of rotatable bonds is 3. The molecule has 0 radical (unpaired) electrons. The molecule has 4 heteroatoms. The second-order valence-electron chi connectivity index (χ2n) is 4.87. The van der Waals surface area contributed by atoms with Crippen molar-refractivity contribution in [3.05, 3.63) is 29.3 Å².